The molecule has 0 amide bonds. The summed E-state index contributed by atoms with van der Waals surface area (Å²) < 4.78 is 2.38. The summed E-state index contributed by atoms with van der Waals surface area (Å²) >= 11 is 3.30. The topological polar surface area (TPSA) is 59.3 Å². The number of hydrogen-bond acceptors (Lipinski definition) is 2. The Balaban J connectivity index is 2.26. The molecule has 2 aromatic rings. The Bertz CT molecular complexity index is 631. The third-order valence-electron chi connectivity index (χ3n) is 2.50. The van der Waals surface area contributed by atoms with Gasteiger partial charge in [0.1, 0.15) is 0 Å². The Kier molecular flexibility index (Phi) is 3.62. The maximum absolute atomic E-state index is 11.6. The van der Waals surface area contributed by atoms with Gasteiger partial charge in [-0.3, -0.25) is 4.79 Å². The fourth-order valence-corrected chi connectivity index (χ4v) is 1.95. The monoisotopic (exact) mass is 307 g/mol. The predicted octanol–water partition coefficient (Wildman–Crippen LogP) is 2.36. The van der Waals surface area contributed by atoms with Crippen molar-refractivity contribution in [1.82, 2.24) is 4.57 Å². The summed E-state index contributed by atoms with van der Waals surface area (Å²) in [6, 6.07) is 9.64. The van der Waals surface area contributed by atoms with Crippen LogP contribution in [0.3, 0.4) is 0 Å². The molecule has 5 heteroatoms. The average molecular weight is 308 g/mol. The van der Waals surface area contributed by atoms with Crippen LogP contribution in [0, 0.1) is 0 Å². The second-order valence-corrected chi connectivity index (χ2v) is 4.73. The van der Waals surface area contributed by atoms with Crippen LogP contribution in [0.25, 0.3) is 0 Å². The molecule has 0 radical (unpaired) electrons. The molecule has 0 aliphatic rings. The molecule has 1 heterocycles. The molecule has 1 aromatic heterocycles. The van der Waals surface area contributed by atoms with Crippen molar-refractivity contribution in [1.29, 1.82) is 0 Å². The van der Waals surface area contributed by atoms with Gasteiger partial charge in [0, 0.05) is 16.7 Å². The first-order chi connectivity index (χ1) is 8.56. The lowest BCUT2D eigenvalue weighted by molar-refractivity contribution is 0.0697. The lowest BCUT2D eigenvalue weighted by atomic mass is 10.1. The van der Waals surface area contributed by atoms with Gasteiger partial charge < -0.3 is 9.67 Å². The fourth-order valence-electron chi connectivity index (χ4n) is 1.58. The van der Waals surface area contributed by atoms with Crippen LogP contribution >= 0.6 is 15.9 Å². The molecule has 0 saturated heterocycles. The van der Waals surface area contributed by atoms with Crippen molar-refractivity contribution in [2.75, 3.05) is 0 Å². The molecule has 18 heavy (non-hydrogen) atoms. The highest BCUT2D eigenvalue weighted by atomic mass is 79.9. The smallest absolute Gasteiger partial charge is 0.335 e. The molecule has 0 bridgehead atoms. The minimum Gasteiger partial charge on any atom is -0.478 e. The third kappa shape index (κ3) is 2.87. The summed E-state index contributed by atoms with van der Waals surface area (Å²) in [5.74, 6) is -0.957. The first-order valence-electron chi connectivity index (χ1n) is 5.24. The number of hydrogen-bond donors (Lipinski definition) is 1. The number of aromatic carboxylic acids is 1. The lowest BCUT2D eigenvalue weighted by Crippen LogP contribution is -2.18. The molecule has 4 nitrogen and oxygen atoms in total. The zero-order chi connectivity index (χ0) is 13.1. The molecular formula is C13H10BrNO3. The number of carboxylic acid groups (broad SMARTS) is 1. The Hall–Kier alpha value is -1.88. The van der Waals surface area contributed by atoms with Crippen LogP contribution in [0.15, 0.2) is 51.9 Å². The minimum absolute atomic E-state index is 0.0967. The molecule has 0 unspecified atom stereocenters. The van der Waals surface area contributed by atoms with Gasteiger partial charge >= 0.3 is 5.97 Å². The molecule has 0 fully saturated rings. The van der Waals surface area contributed by atoms with E-state index < -0.39 is 5.97 Å². The van der Waals surface area contributed by atoms with Crippen LogP contribution in [-0.2, 0) is 6.54 Å². The predicted molar refractivity (Wildman–Crippen MR) is 70.9 cm³/mol. The van der Waals surface area contributed by atoms with E-state index in [-0.39, 0.29) is 11.1 Å². The Morgan fingerprint density at radius 1 is 1.17 bits per heavy atom. The summed E-state index contributed by atoms with van der Waals surface area (Å²) in [5.41, 5.74) is 1.01. The van der Waals surface area contributed by atoms with Gasteiger partial charge in [-0.25, -0.2) is 4.79 Å². The number of carbonyl (C=O) groups is 1. The largest absolute Gasteiger partial charge is 0.478 e. The van der Waals surface area contributed by atoms with E-state index >= 15 is 0 Å². The highest BCUT2D eigenvalue weighted by Gasteiger charge is 2.03. The number of aromatic nitrogens is 1. The molecule has 1 aromatic carbocycles. The number of nitrogens with zero attached hydrogens (tertiary/aromatic N) is 1. The van der Waals surface area contributed by atoms with Crippen LogP contribution in [0.1, 0.15) is 15.9 Å². The van der Waals surface area contributed by atoms with Gasteiger partial charge in [-0.2, -0.15) is 0 Å². The van der Waals surface area contributed by atoms with Crippen LogP contribution in [0.2, 0.25) is 0 Å². The summed E-state index contributed by atoms with van der Waals surface area (Å²) in [4.78, 5) is 22.3. The fraction of sp³-hybridized carbons (Fsp3) is 0.0769. The van der Waals surface area contributed by atoms with E-state index in [1.807, 2.05) is 0 Å². The lowest BCUT2D eigenvalue weighted by Gasteiger charge is -2.06. The molecule has 0 saturated carbocycles. The van der Waals surface area contributed by atoms with Gasteiger partial charge in [-0.05, 0) is 39.7 Å². The number of rotatable bonds is 3. The molecular weight excluding hydrogens is 298 g/mol. The van der Waals surface area contributed by atoms with Gasteiger partial charge in [0.15, 0.2) is 0 Å². The van der Waals surface area contributed by atoms with E-state index in [0.717, 1.165) is 10.0 Å². The van der Waals surface area contributed by atoms with E-state index in [9.17, 15) is 9.59 Å². The SMILES string of the molecule is O=C(O)c1ccc(Cn2cc(Br)ccc2=O)cc1. The second kappa shape index (κ2) is 5.18. The van der Waals surface area contributed by atoms with Crippen LogP contribution in [0.4, 0.5) is 0 Å². The Morgan fingerprint density at radius 2 is 1.83 bits per heavy atom. The number of carboxylic acids is 1. The highest BCUT2D eigenvalue weighted by molar-refractivity contribution is 9.10. The van der Waals surface area contributed by atoms with Crippen molar-refractivity contribution >= 4 is 21.9 Å². The Labute approximate surface area is 112 Å². The summed E-state index contributed by atoms with van der Waals surface area (Å²) in [6.45, 7) is 0.415. The molecule has 2 rings (SSSR count). The van der Waals surface area contributed by atoms with Crippen molar-refractivity contribution < 1.29 is 9.90 Å². The molecule has 92 valence electrons. The number of benzene rings is 1. The third-order valence-corrected chi connectivity index (χ3v) is 2.97. The van der Waals surface area contributed by atoms with Crippen LogP contribution < -0.4 is 5.56 Å². The van der Waals surface area contributed by atoms with E-state index in [4.69, 9.17) is 5.11 Å². The van der Waals surface area contributed by atoms with Crippen molar-refractivity contribution in [3.63, 3.8) is 0 Å². The van der Waals surface area contributed by atoms with Crippen molar-refractivity contribution in [3.8, 4) is 0 Å². The van der Waals surface area contributed by atoms with E-state index in [1.165, 1.54) is 18.2 Å². The van der Waals surface area contributed by atoms with Gasteiger partial charge in [0.2, 0.25) is 0 Å². The first kappa shape index (κ1) is 12.6. The highest BCUT2D eigenvalue weighted by Crippen LogP contribution is 2.08. The second-order valence-electron chi connectivity index (χ2n) is 3.82. The zero-order valence-electron chi connectivity index (χ0n) is 9.34. The summed E-state index contributed by atoms with van der Waals surface area (Å²) in [7, 11) is 0. The quantitative estimate of drug-likeness (QED) is 0.947. The van der Waals surface area contributed by atoms with Crippen LogP contribution in [0.5, 0.6) is 0 Å². The first-order valence-corrected chi connectivity index (χ1v) is 6.04. The van der Waals surface area contributed by atoms with Gasteiger partial charge in [0.05, 0.1) is 12.1 Å². The zero-order valence-corrected chi connectivity index (χ0v) is 10.9. The molecule has 0 aliphatic carbocycles. The van der Waals surface area contributed by atoms with Gasteiger partial charge in [-0.15, -0.1) is 0 Å². The van der Waals surface area contributed by atoms with E-state index in [0.29, 0.717) is 6.54 Å². The summed E-state index contributed by atoms with van der Waals surface area (Å²) in [5, 5.41) is 8.78. The van der Waals surface area contributed by atoms with Gasteiger partial charge in [-0.1, -0.05) is 12.1 Å². The molecule has 0 aliphatic heterocycles. The van der Waals surface area contributed by atoms with Crippen molar-refractivity contribution in [2.24, 2.45) is 0 Å². The average Bonchev–Trinajstić information content (AvgIpc) is 2.34. The standard InChI is InChI=1S/C13H10BrNO3/c14-11-5-6-12(16)15(8-11)7-9-1-3-10(4-2-9)13(17)18/h1-6,8H,7H2,(H,17,18). The van der Waals surface area contributed by atoms with E-state index in [2.05, 4.69) is 15.9 Å². The summed E-state index contributed by atoms with van der Waals surface area (Å²) in [6.07, 6.45) is 1.70. The normalized spacial score (nSPS) is 10.3. The van der Waals surface area contributed by atoms with Gasteiger partial charge in [0.25, 0.3) is 5.56 Å². The molecule has 1 N–H and O–H groups in total. The van der Waals surface area contributed by atoms with E-state index in [1.54, 1.807) is 29.0 Å². The maximum Gasteiger partial charge on any atom is 0.335 e. The number of pyridine rings is 1. The maximum atomic E-state index is 11.6. The molecule has 0 atom stereocenters. The minimum atomic E-state index is -0.957. The molecule has 0 spiro atoms. The Morgan fingerprint density at radius 3 is 2.44 bits per heavy atom. The van der Waals surface area contributed by atoms with Crippen molar-refractivity contribution in [3.05, 3.63) is 68.5 Å². The van der Waals surface area contributed by atoms with Crippen molar-refractivity contribution in [2.45, 2.75) is 6.54 Å². The number of halogens is 1. The van der Waals surface area contributed by atoms with Crippen LogP contribution in [-0.4, -0.2) is 15.6 Å².